The van der Waals surface area contributed by atoms with Crippen molar-refractivity contribution in [1.29, 1.82) is 0 Å². The van der Waals surface area contributed by atoms with Gasteiger partial charge in [-0.3, -0.25) is 9.69 Å². The molecule has 0 radical (unpaired) electrons. The van der Waals surface area contributed by atoms with Gasteiger partial charge in [0.1, 0.15) is 12.2 Å². The number of hydrogen-bond donors (Lipinski definition) is 1. The van der Waals surface area contributed by atoms with Crippen molar-refractivity contribution in [2.45, 2.75) is 50.2 Å². The molecule has 1 N–H and O–H groups in total. The topological polar surface area (TPSA) is 53.0 Å². The van der Waals surface area contributed by atoms with Gasteiger partial charge in [-0.1, -0.05) is 12.8 Å². The molecule has 2 heterocycles. The second-order valence-electron chi connectivity index (χ2n) is 6.39. The van der Waals surface area contributed by atoms with E-state index in [1.807, 2.05) is 0 Å². The summed E-state index contributed by atoms with van der Waals surface area (Å²) in [6, 6.07) is 0.452. The van der Waals surface area contributed by atoms with E-state index < -0.39 is 0 Å². The SMILES string of the molecule is O=C(CO)N1CCO[C@]2(CCCC[C@@H]2N2CCCC2)C1. The predicted octanol–water partition coefficient (Wildman–Crippen LogP) is 0.615. The molecule has 0 aromatic heterocycles. The second-order valence-corrected chi connectivity index (χ2v) is 6.39. The van der Waals surface area contributed by atoms with Crippen molar-refractivity contribution in [3.05, 3.63) is 0 Å². The molecule has 3 aliphatic rings. The molecular formula is C15H26N2O3. The Hall–Kier alpha value is -0.650. The van der Waals surface area contributed by atoms with E-state index in [0.717, 1.165) is 6.42 Å². The fourth-order valence-electron chi connectivity index (χ4n) is 4.23. The van der Waals surface area contributed by atoms with Crippen LogP contribution in [0.5, 0.6) is 0 Å². The molecule has 1 spiro atoms. The number of carbonyl (C=O) groups excluding carboxylic acids is 1. The van der Waals surface area contributed by atoms with Gasteiger partial charge in [0.25, 0.3) is 0 Å². The van der Waals surface area contributed by atoms with Crippen molar-refractivity contribution in [3.8, 4) is 0 Å². The quantitative estimate of drug-likeness (QED) is 0.806. The minimum absolute atomic E-state index is 0.154. The van der Waals surface area contributed by atoms with E-state index in [1.165, 1.54) is 45.2 Å². The van der Waals surface area contributed by atoms with Crippen molar-refractivity contribution in [2.24, 2.45) is 0 Å². The molecule has 0 bridgehead atoms. The fourth-order valence-corrected chi connectivity index (χ4v) is 4.23. The van der Waals surface area contributed by atoms with Crippen LogP contribution in [0.1, 0.15) is 38.5 Å². The number of likely N-dealkylation sites (tertiary alicyclic amines) is 1. The average molecular weight is 282 g/mol. The Labute approximate surface area is 120 Å². The highest BCUT2D eigenvalue weighted by Crippen LogP contribution is 2.38. The van der Waals surface area contributed by atoms with Gasteiger partial charge in [0.2, 0.25) is 5.91 Å². The smallest absolute Gasteiger partial charge is 0.248 e. The van der Waals surface area contributed by atoms with Crippen LogP contribution in [0.25, 0.3) is 0 Å². The van der Waals surface area contributed by atoms with Crippen LogP contribution >= 0.6 is 0 Å². The molecule has 0 unspecified atom stereocenters. The number of aliphatic hydroxyl groups is 1. The second kappa shape index (κ2) is 6.00. The molecule has 2 atom stereocenters. The van der Waals surface area contributed by atoms with E-state index in [0.29, 0.717) is 25.7 Å². The molecule has 114 valence electrons. The zero-order valence-electron chi connectivity index (χ0n) is 12.2. The third-order valence-electron chi connectivity index (χ3n) is 5.21. The first-order valence-electron chi connectivity index (χ1n) is 8.02. The lowest BCUT2D eigenvalue weighted by molar-refractivity contribution is -0.175. The summed E-state index contributed by atoms with van der Waals surface area (Å²) in [4.78, 5) is 16.2. The molecule has 2 saturated heterocycles. The predicted molar refractivity (Wildman–Crippen MR) is 75.4 cm³/mol. The lowest BCUT2D eigenvalue weighted by Gasteiger charge is -2.52. The van der Waals surface area contributed by atoms with Gasteiger partial charge in [-0.05, 0) is 38.8 Å². The maximum absolute atomic E-state index is 11.8. The van der Waals surface area contributed by atoms with E-state index >= 15 is 0 Å². The summed E-state index contributed by atoms with van der Waals surface area (Å²) in [5.74, 6) is -0.154. The van der Waals surface area contributed by atoms with Crippen molar-refractivity contribution in [2.75, 3.05) is 39.4 Å². The van der Waals surface area contributed by atoms with Crippen LogP contribution in [0.4, 0.5) is 0 Å². The molecule has 1 saturated carbocycles. The standard InChI is InChI=1S/C15H26N2O3/c18-11-14(19)17-9-10-20-15(12-17)6-2-1-5-13(15)16-7-3-4-8-16/h13,18H,1-12H2/t13-,15+/m0/s1. The lowest BCUT2D eigenvalue weighted by atomic mass is 9.78. The highest BCUT2D eigenvalue weighted by molar-refractivity contribution is 5.77. The minimum atomic E-state index is -0.384. The molecule has 3 rings (SSSR count). The first kappa shape index (κ1) is 14.3. The molecule has 20 heavy (non-hydrogen) atoms. The number of ether oxygens (including phenoxy) is 1. The number of aliphatic hydroxyl groups excluding tert-OH is 1. The lowest BCUT2D eigenvalue weighted by Crippen LogP contribution is -2.64. The van der Waals surface area contributed by atoms with E-state index in [-0.39, 0.29) is 18.1 Å². The third-order valence-corrected chi connectivity index (χ3v) is 5.21. The first-order chi connectivity index (χ1) is 9.75. The van der Waals surface area contributed by atoms with Gasteiger partial charge in [-0.2, -0.15) is 0 Å². The molecule has 1 amide bonds. The minimum Gasteiger partial charge on any atom is -0.387 e. The molecule has 5 heteroatoms. The molecule has 0 aromatic rings. The Bertz CT molecular complexity index is 353. The summed E-state index contributed by atoms with van der Waals surface area (Å²) >= 11 is 0. The van der Waals surface area contributed by atoms with Gasteiger partial charge in [-0.15, -0.1) is 0 Å². The highest BCUT2D eigenvalue weighted by Gasteiger charge is 2.48. The summed E-state index contributed by atoms with van der Waals surface area (Å²) in [7, 11) is 0. The van der Waals surface area contributed by atoms with Crippen LogP contribution in [0.2, 0.25) is 0 Å². The Kier molecular flexibility index (Phi) is 4.29. The zero-order chi connectivity index (χ0) is 14.0. The Morgan fingerprint density at radius 1 is 1.20 bits per heavy atom. The van der Waals surface area contributed by atoms with Gasteiger partial charge in [0.15, 0.2) is 0 Å². The summed E-state index contributed by atoms with van der Waals surface area (Å²) < 4.78 is 6.24. The van der Waals surface area contributed by atoms with Crippen molar-refractivity contribution >= 4 is 5.91 Å². The molecule has 0 aromatic carbocycles. The van der Waals surface area contributed by atoms with Crippen LogP contribution in [-0.2, 0) is 9.53 Å². The summed E-state index contributed by atoms with van der Waals surface area (Å²) in [6.07, 6.45) is 7.24. The van der Waals surface area contributed by atoms with Gasteiger partial charge in [-0.25, -0.2) is 0 Å². The molecule has 5 nitrogen and oxygen atoms in total. The van der Waals surface area contributed by atoms with E-state index in [1.54, 1.807) is 4.90 Å². The Morgan fingerprint density at radius 2 is 2.00 bits per heavy atom. The van der Waals surface area contributed by atoms with Crippen LogP contribution in [-0.4, -0.2) is 71.8 Å². The molecule has 1 aliphatic carbocycles. The first-order valence-corrected chi connectivity index (χ1v) is 8.02. The van der Waals surface area contributed by atoms with Gasteiger partial charge >= 0.3 is 0 Å². The number of nitrogens with zero attached hydrogens (tertiary/aromatic N) is 2. The van der Waals surface area contributed by atoms with Crippen LogP contribution in [0.3, 0.4) is 0 Å². The zero-order valence-corrected chi connectivity index (χ0v) is 12.2. The highest BCUT2D eigenvalue weighted by atomic mass is 16.5. The van der Waals surface area contributed by atoms with Crippen LogP contribution in [0, 0.1) is 0 Å². The number of amides is 1. The van der Waals surface area contributed by atoms with Gasteiger partial charge in [0.05, 0.1) is 13.2 Å². The van der Waals surface area contributed by atoms with E-state index in [4.69, 9.17) is 9.84 Å². The van der Waals surface area contributed by atoms with Crippen molar-refractivity contribution in [1.82, 2.24) is 9.80 Å². The summed E-state index contributed by atoms with van der Waals surface area (Å²) in [5.41, 5.74) is -0.189. The maximum atomic E-state index is 11.8. The molecule has 3 fully saturated rings. The van der Waals surface area contributed by atoms with E-state index in [9.17, 15) is 4.79 Å². The van der Waals surface area contributed by atoms with Gasteiger partial charge < -0.3 is 14.7 Å². The van der Waals surface area contributed by atoms with Crippen molar-refractivity contribution in [3.63, 3.8) is 0 Å². The molecular weight excluding hydrogens is 256 g/mol. The average Bonchev–Trinajstić information content (AvgIpc) is 3.01. The monoisotopic (exact) mass is 282 g/mol. The van der Waals surface area contributed by atoms with Gasteiger partial charge in [0, 0.05) is 12.6 Å². The number of carbonyl (C=O) groups is 1. The number of hydrogen-bond acceptors (Lipinski definition) is 4. The summed E-state index contributed by atoms with van der Waals surface area (Å²) in [5, 5.41) is 9.11. The fraction of sp³-hybridized carbons (Fsp3) is 0.933. The van der Waals surface area contributed by atoms with E-state index in [2.05, 4.69) is 4.90 Å². The molecule has 2 aliphatic heterocycles. The largest absolute Gasteiger partial charge is 0.387 e. The number of morpholine rings is 1. The Morgan fingerprint density at radius 3 is 2.75 bits per heavy atom. The maximum Gasteiger partial charge on any atom is 0.248 e. The third kappa shape index (κ3) is 2.59. The Balaban J connectivity index is 1.77. The normalized spacial score (nSPS) is 35.6. The van der Waals surface area contributed by atoms with Crippen LogP contribution in [0.15, 0.2) is 0 Å². The summed E-state index contributed by atoms with van der Waals surface area (Å²) in [6.45, 7) is 3.84. The van der Waals surface area contributed by atoms with Crippen LogP contribution < -0.4 is 0 Å². The van der Waals surface area contributed by atoms with Crippen molar-refractivity contribution < 1.29 is 14.6 Å². The number of rotatable bonds is 2.